The van der Waals surface area contributed by atoms with E-state index in [2.05, 4.69) is 17.3 Å². The first-order valence-electron chi connectivity index (χ1n) is 7.12. The summed E-state index contributed by atoms with van der Waals surface area (Å²) in [5.74, 6) is 0. The molecular formula is C14H23ClN4O. The van der Waals surface area contributed by atoms with Crippen LogP contribution >= 0.6 is 11.6 Å². The molecule has 0 atom stereocenters. The van der Waals surface area contributed by atoms with E-state index in [1.165, 1.54) is 17.5 Å². The minimum absolute atomic E-state index is 0.222. The van der Waals surface area contributed by atoms with E-state index in [1.807, 2.05) is 19.0 Å². The second-order valence-electron chi connectivity index (χ2n) is 5.91. The van der Waals surface area contributed by atoms with E-state index in [-0.39, 0.29) is 10.6 Å². The first-order chi connectivity index (χ1) is 9.47. The summed E-state index contributed by atoms with van der Waals surface area (Å²) in [6.07, 6.45) is 5.32. The number of aromatic nitrogens is 2. The summed E-state index contributed by atoms with van der Waals surface area (Å²) in [5, 5.41) is 7.71. The topological polar surface area (TPSA) is 50.2 Å². The fourth-order valence-electron chi connectivity index (χ4n) is 2.16. The van der Waals surface area contributed by atoms with E-state index < -0.39 is 0 Å². The molecule has 0 spiro atoms. The standard InChI is InChI=1S/C14H23ClN4O/c1-4-14(5-6-14)10-16-11-9-17-19(8-7-18(2)3)13(20)12(11)15/h9,16H,4-8,10H2,1-3H3. The van der Waals surface area contributed by atoms with E-state index in [4.69, 9.17) is 11.6 Å². The number of hydrogen-bond acceptors (Lipinski definition) is 4. The van der Waals surface area contributed by atoms with Crippen molar-refractivity contribution in [2.45, 2.75) is 32.7 Å². The largest absolute Gasteiger partial charge is 0.382 e. The van der Waals surface area contributed by atoms with Gasteiger partial charge in [-0.1, -0.05) is 18.5 Å². The van der Waals surface area contributed by atoms with Crippen LogP contribution in [0.4, 0.5) is 5.69 Å². The van der Waals surface area contributed by atoms with E-state index in [1.54, 1.807) is 6.20 Å². The molecule has 6 heteroatoms. The lowest BCUT2D eigenvalue weighted by atomic mass is 10.0. The van der Waals surface area contributed by atoms with E-state index in [0.717, 1.165) is 19.5 Å². The fraction of sp³-hybridized carbons (Fsp3) is 0.714. The molecule has 0 aliphatic heterocycles. The lowest BCUT2D eigenvalue weighted by Gasteiger charge is -2.16. The Bertz CT molecular complexity index is 522. The molecule has 1 saturated carbocycles. The summed E-state index contributed by atoms with van der Waals surface area (Å²) in [5.41, 5.74) is 0.834. The summed E-state index contributed by atoms with van der Waals surface area (Å²) < 4.78 is 1.42. The molecular weight excluding hydrogens is 276 g/mol. The summed E-state index contributed by atoms with van der Waals surface area (Å²) >= 11 is 6.16. The predicted octanol–water partition coefficient (Wildman–Crippen LogP) is 2.06. The molecule has 0 unspecified atom stereocenters. The minimum Gasteiger partial charge on any atom is -0.382 e. The zero-order valence-corrected chi connectivity index (χ0v) is 13.2. The summed E-state index contributed by atoms with van der Waals surface area (Å²) in [7, 11) is 3.92. The Morgan fingerprint density at radius 2 is 2.20 bits per heavy atom. The van der Waals surface area contributed by atoms with E-state index in [0.29, 0.717) is 17.6 Å². The molecule has 1 aliphatic rings. The number of anilines is 1. The maximum absolute atomic E-state index is 12.1. The molecule has 0 radical (unpaired) electrons. The van der Waals surface area contributed by atoms with Crippen molar-refractivity contribution in [3.8, 4) is 0 Å². The molecule has 0 aromatic carbocycles. The number of hydrogen-bond donors (Lipinski definition) is 1. The zero-order valence-electron chi connectivity index (χ0n) is 12.4. The number of likely N-dealkylation sites (N-methyl/N-ethyl adjacent to an activating group) is 1. The van der Waals surface area contributed by atoms with Gasteiger partial charge in [-0.25, -0.2) is 4.68 Å². The number of nitrogens with zero attached hydrogens (tertiary/aromatic N) is 3. The van der Waals surface area contributed by atoms with Crippen LogP contribution in [0.2, 0.25) is 5.02 Å². The van der Waals surface area contributed by atoms with Gasteiger partial charge in [0.2, 0.25) is 0 Å². The fourth-order valence-corrected chi connectivity index (χ4v) is 2.37. The number of nitrogens with one attached hydrogen (secondary N) is 1. The van der Waals surface area contributed by atoms with E-state index >= 15 is 0 Å². The number of rotatable bonds is 7. The van der Waals surface area contributed by atoms with Crippen molar-refractivity contribution in [1.29, 1.82) is 0 Å². The van der Waals surface area contributed by atoms with Crippen LogP contribution in [0.1, 0.15) is 26.2 Å². The van der Waals surface area contributed by atoms with Gasteiger partial charge in [-0.2, -0.15) is 5.10 Å². The Labute approximate surface area is 124 Å². The average Bonchev–Trinajstić information content (AvgIpc) is 3.20. The molecule has 20 heavy (non-hydrogen) atoms. The highest BCUT2D eigenvalue weighted by Crippen LogP contribution is 2.48. The van der Waals surface area contributed by atoms with Gasteiger partial charge in [0.25, 0.3) is 5.56 Å². The highest BCUT2D eigenvalue weighted by molar-refractivity contribution is 6.32. The molecule has 1 N–H and O–H groups in total. The molecule has 1 heterocycles. The molecule has 0 bridgehead atoms. The van der Waals surface area contributed by atoms with Gasteiger partial charge in [0.15, 0.2) is 0 Å². The molecule has 5 nitrogen and oxygen atoms in total. The smallest absolute Gasteiger partial charge is 0.287 e. The Morgan fingerprint density at radius 3 is 2.75 bits per heavy atom. The lowest BCUT2D eigenvalue weighted by molar-refractivity contribution is 0.367. The van der Waals surface area contributed by atoms with Gasteiger partial charge in [-0.3, -0.25) is 4.79 Å². The molecule has 1 aromatic rings. The van der Waals surface area contributed by atoms with Crippen LogP contribution in [0.3, 0.4) is 0 Å². The number of halogens is 1. The lowest BCUT2D eigenvalue weighted by Crippen LogP contribution is -2.29. The Hall–Kier alpha value is -1.07. The van der Waals surface area contributed by atoms with Crippen molar-refractivity contribution in [2.75, 3.05) is 32.5 Å². The van der Waals surface area contributed by atoms with Gasteiger partial charge in [0, 0.05) is 13.1 Å². The molecule has 1 aliphatic carbocycles. The molecule has 112 valence electrons. The summed E-state index contributed by atoms with van der Waals surface area (Å²) in [6, 6.07) is 0. The highest BCUT2D eigenvalue weighted by Gasteiger charge is 2.40. The van der Waals surface area contributed by atoms with Gasteiger partial charge in [-0.05, 0) is 38.8 Å². The first kappa shape index (κ1) is 15.3. The van der Waals surface area contributed by atoms with Gasteiger partial charge >= 0.3 is 0 Å². The summed E-state index contributed by atoms with van der Waals surface area (Å²) in [4.78, 5) is 14.1. The molecule has 0 saturated heterocycles. The zero-order chi connectivity index (χ0) is 14.8. The summed E-state index contributed by atoms with van der Waals surface area (Å²) in [6.45, 7) is 4.37. The van der Waals surface area contributed by atoms with Crippen molar-refractivity contribution in [3.63, 3.8) is 0 Å². The Morgan fingerprint density at radius 1 is 1.50 bits per heavy atom. The average molecular weight is 299 g/mol. The SMILES string of the molecule is CCC1(CNc2cnn(CCN(C)C)c(=O)c2Cl)CC1. The normalized spacial score (nSPS) is 16.4. The third kappa shape index (κ3) is 3.52. The molecule has 1 fully saturated rings. The van der Waals surface area contributed by atoms with Crippen LogP contribution < -0.4 is 10.9 Å². The molecule has 0 amide bonds. The second-order valence-corrected chi connectivity index (χ2v) is 6.29. The third-order valence-corrected chi connectivity index (χ3v) is 4.47. The van der Waals surface area contributed by atoms with Crippen LogP contribution in [-0.2, 0) is 6.54 Å². The van der Waals surface area contributed by atoms with Crippen LogP contribution in [0.5, 0.6) is 0 Å². The Kier molecular flexibility index (Phi) is 4.70. The maximum Gasteiger partial charge on any atom is 0.287 e. The van der Waals surface area contributed by atoms with Crippen LogP contribution in [-0.4, -0.2) is 41.9 Å². The van der Waals surface area contributed by atoms with Gasteiger partial charge in [0.05, 0.1) is 18.4 Å². The van der Waals surface area contributed by atoms with Crippen molar-refractivity contribution < 1.29 is 0 Å². The predicted molar refractivity (Wildman–Crippen MR) is 82.5 cm³/mol. The van der Waals surface area contributed by atoms with Crippen molar-refractivity contribution in [1.82, 2.24) is 14.7 Å². The van der Waals surface area contributed by atoms with Crippen LogP contribution in [0.15, 0.2) is 11.0 Å². The highest BCUT2D eigenvalue weighted by atomic mass is 35.5. The van der Waals surface area contributed by atoms with Crippen molar-refractivity contribution >= 4 is 17.3 Å². The monoisotopic (exact) mass is 298 g/mol. The van der Waals surface area contributed by atoms with Crippen molar-refractivity contribution in [3.05, 3.63) is 21.6 Å². The van der Waals surface area contributed by atoms with E-state index in [9.17, 15) is 4.79 Å². The maximum atomic E-state index is 12.1. The van der Waals surface area contributed by atoms with Crippen LogP contribution in [0.25, 0.3) is 0 Å². The minimum atomic E-state index is -0.222. The van der Waals surface area contributed by atoms with Gasteiger partial charge in [-0.15, -0.1) is 0 Å². The Balaban J connectivity index is 2.04. The quantitative estimate of drug-likeness (QED) is 0.837. The first-order valence-corrected chi connectivity index (χ1v) is 7.49. The molecule has 2 rings (SSSR count). The third-order valence-electron chi connectivity index (χ3n) is 4.10. The van der Waals surface area contributed by atoms with Crippen LogP contribution in [0, 0.1) is 5.41 Å². The van der Waals surface area contributed by atoms with Gasteiger partial charge < -0.3 is 10.2 Å². The second kappa shape index (κ2) is 6.14. The molecule has 1 aromatic heterocycles. The van der Waals surface area contributed by atoms with Crippen molar-refractivity contribution in [2.24, 2.45) is 5.41 Å². The van der Waals surface area contributed by atoms with Gasteiger partial charge in [0.1, 0.15) is 5.02 Å².